The van der Waals surface area contributed by atoms with Crippen molar-refractivity contribution in [3.8, 4) is 22.3 Å². The molecule has 56 heavy (non-hydrogen) atoms. The normalized spacial score (nSPS) is 11.9. The number of benzene rings is 6. The second-order valence-electron chi connectivity index (χ2n) is 17.2. The molecule has 280 valence electrons. The minimum Gasteiger partial charge on any atom is -0.358 e. The standard InChI is InChI=1S/C53H50.2CH3.Hf/c1-35-15-23-43(24-16-35)53(44-25-17-36(2)18-26-44,45-31-39-11-9-13-47(49(39)33-45)37-19-27-41(28-20-37)51(3,4)5)46-32-40-12-10-14-48(50(40)34-46)38-21-29-42(30-22-38)52(6,7)8;;;/h9-34H,1-8H3;2*1H3;/q-2;2*-1;+4. The Hall–Kier alpha value is -4.59. The van der Waals surface area contributed by atoms with Crippen molar-refractivity contribution in [1.29, 1.82) is 0 Å². The van der Waals surface area contributed by atoms with Crippen LogP contribution in [-0.4, -0.2) is 0 Å². The van der Waals surface area contributed by atoms with Crippen molar-refractivity contribution in [2.45, 2.75) is 71.6 Å². The zero-order valence-corrected chi connectivity index (χ0v) is 38.6. The van der Waals surface area contributed by atoms with Crippen LogP contribution in [0.5, 0.6) is 0 Å². The van der Waals surface area contributed by atoms with E-state index in [-0.39, 0.29) is 51.5 Å². The van der Waals surface area contributed by atoms with Crippen molar-refractivity contribution >= 4 is 21.5 Å². The molecule has 0 saturated carbocycles. The summed E-state index contributed by atoms with van der Waals surface area (Å²) in [4.78, 5) is 0. The quantitative estimate of drug-likeness (QED) is 0.115. The Morgan fingerprint density at radius 1 is 0.393 bits per heavy atom. The number of hydrogen-bond donors (Lipinski definition) is 0. The summed E-state index contributed by atoms with van der Waals surface area (Å²) in [6, 6.07) is 60.3. The number of fused-ring (bicyclic) bond motifs is 2. The first-order valence-corrected chi connectivity index (χ1v) is 19.1. The summed E-state index contributed by atoms with van der Waals surface area (Å²) in [6.07, 6.45) is 0. The summed E-state index contributed by atoms with van der Waals surface area (Å²) in [6.45, 7) is 18.0. The molecule has 8 aromatic carbocycles. The molecule has 0 N–H and O–H groups in total. The molecular formula is C55H56Hf. The fourth-order valence-electron chi connectivity index (χ4n) is 8.31. The molecule has 8 rings (SSSR count). The molecule has 0 unspecified atom stereocenters. The van der Waals surface area contributed by atoms with E-state index >= 15 is 0 Å². The van der Waals surface area contributed by atoms with Gasteiger partial charge < -0.3 is 14.9 Å². The van der Waals surface area contributed by atoms with Crippen molar-refractivity contribution in [3.05, 3.63) is 217 Å². The average molecular weight is 896 g/mol. The van der Waals surface area contributed by atoms with E-state index in [1.165, 1.54) is 88.3 Å². The van der Waals surface area contributed by atoms with Crippen LogP contribution in [0.1, 0.15) is 86.1 Å². The number of hydrogen-bond acceptors (Lipinski definition) is 0. The van der Waals surface area contributed by atoms with Gasteiger partial charge in [0.05, 0.1) is 0 Å². The van der Waals surface area contributed by atoms with E-state index in [0.717, 1.165) is 0 Å². The summed E-state index contributed by atoms with van der Waals surface area (Å²) in [5.74, 6) is 0. The van der Waals surface area contributed by atoms with E-state index in [9.17, 15) is 0 Å². The van der Waals surface area contributed by atoms with E-state index < -0.39 is 5.41 Å². The Labute approximate surface area is 356 Å². The fraction of sp³-hybridized carbons (Fsp3) is 0.200. The fourth-order valence-corrected chi connectivity index (χ4v) is 8.31. The molecule has 0 saturated heterocycles. The first-order chi connectivity index (χ1) is 25.3. The van der Waals surface area contributed by atoms with Crippen molar-refractivity contribution in [3.63, 3.8) is 0 Å². The van der Waals surface area contributed by atoms with Crippen LogP contribution in [0.4, 0.5) is 0 Å². The Morgan fingerprint density at radius 3 is 1.04 bits per heavy atom. The van der Waals surface area contributed by atoms with E-state index in [4.69, 9.17) is 0 Å². The Kier molecular flexibility index (Phi) is 12.2. The summed E-state index contributed by atoms with van der Waals surface area (Å²) in [5.41, 5.74) is 15.0. The second kappa shape index (κ2) is 16.1. The zero-order chi connectivity index (χ0) is 37.1. The van der Waals surface area contributed by atoms with Crippen LogP contribution in [0.25, 0.3) is 43.8 Å². The molecule has 0 aliphatic heterocycles. The molecule has 0 heterocycles. The first kappa shape index (κ1) is 42.6. The third-order valence-corrected chi connectivity index (χ3v) is 11.5. The molecule has 0 nitrogen and oxygen atoms in total. The van der Waals surface area contributed by atoms with Gasteiger partial charge in [0.1, 0.15) is 0 Å². The van der Waals surface area contributed by atoms with Crippen molar-refractivity contribution in [1.82, 2.24) is 0 Å². The minimum atomic E-state index is -0.555. The topological polar surface area (TPSA) is 0 Å². The zero-order valence-electron chi connectivity index (χ0n) is 35.0. The Bertz CT molecular complexity index is 2360. The molecule has 0 aromatic heterocycles. The minimum absolute atomic E-state index is 0. The summed E-state index contributed by atoms with van der Waals surface area (Å²) in [7, 11) is 0. The van der Waals surface area contributed by atoms with Gasteiger partial charge in [-0.05, 0) is 58.1 Å². The summed E-state index contributed by atoms with van der Waals surface area (Å²) >= 11 is 0. The van der Waals surface area contributed by atoms with Crippen LogP contribution >= 0.6 is 0 Å². The molecule has 8 aromatic rings. The van der Waals surface area contributed by atoms with Crippen LogP contribution in [-0.2, 0) is 42.1 Å². The van der Waals surface area contributed by atoms with Gasteiger partial charge in [0.2, 0.25) is 0 Å². The predicted octanol–water partition coefficient (Wildman–Crippen LogP) is 15.3. The van der Waals surface area contributed by atoms with Gasteiger partial charge in [0.25, 0.3) is 0 Å². The average Bonchev–Trinajstić information content (AvgIpc) is 3.78. The van der Waals surface area contributed by atoms with Gasteiger partial charge in [0, 0.05) is 5.41 Å². The Morgan fingerprint density at radius 2 is 0.714 bits per heavy atom. The van der Waals surface area contributed by atoms with Gasteiger partial charge in [-0.3, -0.25) is 0 Å². The molecule has 0 fully saturated rings. The van der Waals surface area contributed by atoms with E-state index in [1.807, 2.05) is 0 Å². The van der Waals surface area contributed by atoms with Crippen molar-refractivity contribution < 1.29 is 25.8 Å². The van der Waals surface area contributed by atoms with Gasteiger partial charge in [-0.15, -0.1) is 69.1 Å². The number of aryl methyl sites for hydroxylation is 2. The van der Waals surface area contributed by atoms with E-state index in [0.29, 0.717) is 0 Å². The summed E-state index contributed by atoms with van der Waals surface area (Å²) < 4.78 is 0. The number of rotatable bonds is 6. The molecule has 0 aliphatic rings. The van der Waals surface area contributed by atoms with E-state index in [1.54, 1.807) is 0 Å². The molecule has 0 atom stereocenters. The molecule has 0 radical (unpaired) electrons. The van der Waals surface area contributed by atoms with Crippen LogP contribution in [0.15, 0.2) is 158 Å². The molecule has 0 aliphatic carbocycles. The van der Waals surface area contributed by atoms with Gasteiger partial charge in [0.15, 0.2) is 0 Å². The van der Waals surface area contributed by atoms with Crippen molar-refractivity contribution in [2.24, 2.45) is 0 Å². The molecule has 0 bridgehead atoms. The smallest absolute Gasteiger partial charge is 0.358 e. The molecule has 0 amide bonds. The first-order valence-electron chi connectivity index (χ1n) is 19.1. The van der Waals surface area contributed by atoms with Crippen LogP contribution in [0.3, 0.4) is 0 Å². The van der Waals surface area contributed by atoms with Crippen LogP contribution < -0.4 is 0 Å². The summed E-state index contributed by atoms with van der Waals surface area (Å²) in [5, 5.41) is 5.09. The van der Waals surface area contributed by atoms with Gasteiger partial charge >= 0.3 is 25.8 Å². The van der Waals surface area contributed by atoms with Gasteiger partial charge in [-0.1, -0.05) is 173 Å². The largest absolute Gasteiger partial charge is 4.00 e. The van der Waals surface area contributed by atoms with Crippen LogP contribution in [0, 0.1) is 28.7 Å². The predicted molar refractivity (Wildman–Crippen MR) is 242 cm³/mol. The van der Waals surface area contributed by atoms with E-state index in [2.05, 4.69) is 213 Å². The third-order valence-electron chi connectivity index (χ3n) is 11.5. The maximum atomic E-state index is 2.48. The monoisotopic (exact) mass is 896 g/mol. The van der Waals surface area contributed by atoms with Gasteiger partial charge in [-0.25, -0.2) is 0 Å². The maximum Gasteiger partial charge on any atom is 4.00 e. The molecule has 1 heteroatoms. The second-order valence-corrected chi connectivity index (χ2v) is 17.2. The molecule has 0 spiro atoms. The Balaban J connectivity index is 0.00000200. The van der Waals surface area contributed by atoms with Gasteiger partial charge in [-0.2, -0.15) is 12.1 Å². The maximum absolute atomic E-state index is 2.48. The third kappa shape index (κ3) is 7.60. The molecular weight excluding hydrogens is 839 g/mol. The van der Waals surface area contributed by atoms with Crippen molar-refractivity contribution in [2.75, 3.05) is 0 Å². The van der Waals surface area contributed by atoms with Crippen LogP contribution in [0.2, 0.25) is 0 Å². The SMILES string of the molecule is Cc1ccc(C(c2ccc(C)cc2)(c2cc3c(-c4ccc(C(C)(C)C)cc4)cccc3[cH-]2)c2cc3c(-c4ccc(C(C)(C)C)cc4)cccc3[cH-]2)cc1.[CH3-].[CH3-].[Hf+4].